The summed E-state index contributed by atoms with van der Waals surface area (Å²) in [4.78, 5) is 25.0. The smallest absolute Gasteiger partial charge is 0.277 e. The Hall–Kier alpha value is -3.48. The molecule has 130 valence electrons. The first kappa shape index (κ1) is 16.0. The molecule has 0 unspecified atom stereocenters. The molecule has 26 heavy (non-hydrogen) atoms. The van der Waals surface area contributed by atoms with E-state index in [0.717, 1.165) is 5.56 Å². The van der Waals surface area contributed by atoms with Gasteiger partial charge in [-0.2, -0.15) is 5.10 Å². The monoisotopic (exact) mass is 350 g/mol. The van der Waals surface area contributed by atoms with Crippen LogP contribution in [-0.4, -0.2) is 27.1 Å². The van der Waals surface area contributed by atoms with Crippen LogP contribution in [0.1, 0.15) is 15.9 Å². The number of rotatable bonds is 3. The summed E-state index contributed by atoms with van der Waals surface area (Å²) in [5.74, 6) is -0.577. The number of amides is 1. The molecule has 1 N–H and O–H groups in total. The first-order valence-corrected chi connectivity index (χ1v) is 8.05. The zero-order chi connectivity index (χ0) is 18.3. The summed E-state index contributed by atoms with van der Waals surface area (Å²) in [6.07, 6.45) is 1.56. The number of hydrogen-bond donors (Lipinski definition) is 1. The number of nitrogens with zero attached hydrogens (tertiary/aromatic N) is 3. The number of aromatic nitrogens is 3. The quantitative estimate of drug-likeness (QED) is 0.616. The van der Waals surface area contributed by atoms with Gasteiger partial charge >= 0.3 is 0 Å². The Morgan fingerprint density at radius 2 is 1.85 bits per heavy atom. The maximum absolute atomic E-state index is 13.2. The van der Waals surface area contributed by atoms with Crippen LogP contribution in [0.25, 0.3) is 16.6 Å². The Bertz CT molecular complexity index is 1190. The van der Waals surface area contributed by atoms with Crippen LogP contribution in [0.4, 0.5) is 4.39 Å². The highest BCUT2D eigenvalue weighted by molar-refractivity contribution is 5.97. The molecule has 4 rings (SSSR count). The summed E-state index contributed by atoms with van der Waals surface area (Å²) >= 11 is 0. The second-order valence-electron chi connectivity index (χ2n) is 5.93. The first-order chi connectivity index (χ1) is 12.6. The molecule has 0 spiro atoms. The normalized spacial score (nSPS) is 11.2. The molecular weight excluding hydrogens is 335 g/mol. The summed E-state index contributed by atoms with van der Waals surface area (Å²) in [5.41, 5.74) is 2.72. The molecule has 4 aromatic rings. The molecule has 0 atom stereocenters. The van der Waals surface area contributed by atoms with Gasteiger partial charge in [0.2, 0.25) is 0 Å². The maximum Gasteiger partial charge on any atom is 0.277 e. The number of hydrogen-bond acceptors (Lipinski definition) is 3. The van der Waals surface area contributed by atoms with Crippen LogP contribution in [0.2, 0.25) is 0 Å². The SMILES string of the molecule is CNC(=O)c1ccc2c(c1)n(Cc1ccc(F)cc1)c(=O)c1ccnn12. The van der Waals surface area contributed by atoms with Gasteiger partial charge < -0.3 is 9.88 Å². The Kier molecular flexibility index (Phi) is 3.76. The van der Waals surface area contributed by atoms with Crippen molar-refractivity contribution in [3.8, 4) is 0 Å². The molecule has 2 aromatic heterocycles. The van der Waals surface area contributed by atoms with E-state index in [2.05, 4.69) is 10.4 Å². The van der Waals surface area contributed by atoms with Crippen LogP contribution in [0.3, 0.4) is 0 Å². The van der Waals surface area contributed by atoms with Gasteiger partial charge in [-0.3, -0.25) is 9.59 Å². The average Bonchev–Trinajstić information content (AvgIpc) is 3.15. The molecule has 0 aliphatic heterocycles. The Morgan fingerprint density at radius 1 is 1.08 bits per heavy atom. The van der Waals surface area contributed by atoms with E-state index in [1.54, 1.807) is 58.7 Å². The zero-order valence-corrected chi connectivity index (χ0v) is 13.9. The highest BCUT2D eigenvalue weighted by Crippen LogP contribution is 2.18. The van der Waals surface area contributed by atoms with Crippen molar-refractivity contribution in [2.75, 3.05) is 7.05 Å². The zero-order valence-electron chi connectivity index (χ0n) is 13.9. The molecule has 0 saturated heterocycles. The minimum absolute atomic E-state index is 0.228. The fourth-order valence-electron chi connectivity index (χ4n) is 3.04. The van der Waals surface area contributed by atoms with E-state index in [0.29, 0.717) is 22.1 Å². The second-order valence-corrected chi connectivity index (χ2v) is 5.93. The maximum atomic E-state index is 13.2. The number of carbonyl (C=O) groups is 1. The van der Waals surface area contributed by atoms with E-state index in [-0.39, 0.29) is 23.8 Å². The number of nitrogens with one attached hydrogen (secondary N) is 1. The fraction of sp³-hybridized carbons (Fsp3) is 0.105. The average molecular weight is 350 g/mol. The fourth-order valence-corrected chi connectivity index (χ4v) is 3.04. The topological polar surface area (TPSA) is 68.4 Å². The van der Waals surface area contributed by atoms with E-state index in [1.807, 2.05) is 0 Å². The largest absolute Gasteiger partial charge is 0.355 e. The van der Waals surface area contributed by atoms with Crippen LogP contribution in [0.15, 0.2) is 59.5 Å². The molecule has 2 aromatic carbocycles. The van der Waals surface area contributed by atoms with Gasteiger partial charge in [-0.15, -0.1) is 0 Å². The third kappa shape index (κ3) is 2.54. The number of carbonyl (C=O) groups excluding carboxylic acids is 1. The van der Waals surface area contributed by atoms with E-state index in [1.165, 1.54) is 12.1 Å². The van der Waals surface area contributed by atoms with Crippen LogP contribution < -0.4 is 10.9 Å². The Balaban J connectivity index is 2.00. The first-order valence-electron chi connectivity index (χ1n) is 8.05. The highest BCUT2D eigenvalue weighted by atomic mass is 19.1. The van der Waals surface area contributed by atoms with Gasteiger partial charge in [0.15, 0.2) is 0 Å². The van der Waals surface area contributed by atoms with Gasteiger partial charge in [0, 0.05) is 12.6 Å². The summed E-state index contributed by atoms with van der Waals surface area (Å²) < 4.78 is 16.3. The predicted molar refractivity (Wildman–Crippen MR) is 95.9 cm³/mol. The van der Waals surface area contributed by atoms with Crippen molar-refractivity contribution in [3.63, 3.8) is 0 Å². The molecule has 2 heterocycles. The molecule has 7 heteroatoms. The molecule has 0 aliphatic rings. The van der Waals surface area contributed by atoms with Gasteiger partial charge in [0.05, 0.1) is 23.8 Å². The third-order valence-corrected chi connectivity index (χ3v) is 4.34. The van der Waals surface area contributed by atoms with Crippen LogP contribution in [0, 0.1) is 5.82 Å². The van der Waals surface area contributed by atoms with Crippen molar-refractivity contribution >= 4 is 22.5 Å². The minimum atomic E-state index is -0.334. The molecule has 0 radical (unpaired) electrons. The Labute approximate surface area is 147 Å². The summed E-state index contributed by atoms with van der Waals surface area (Å²) in [6.45, 7) is 0.258. The summed E-state index contributed by atoms with van der Waals surface area (Å²) in [7, 11) is 1.55. The molecule has 0 bridgehead atoms. The van der Waals surface area contributed by atoms with Gasteiger partial charge in [-0.1, -0.05) is 12.1 Å². The third-order valence-electron chi connectivity index (χ3n) is 4.34. The van der Waals surface area contributed by atoms with Gasteiger partial charge in [-0.25, -0.2) is 8.91 Å². The number of halogens is 1. The standard InChI is InChI=1S/C19H15FN4O2/c1-21-18(25)13-4-7-15-17(10-13)23(11-12-2-5-14(20)6-3-12)19(26)16-8-9-22-24(15)16/h2-10H,11H2,1H3,(H,21,25). The molecule has 0 fully saturated rings. The van der Waals surface area contributed by atoms with Gasteiger partial charge in [0.1, 0.15) is 11.3 Å². The lowest BCUT2D eigenvalue weighted by Gasteiger charge is -2.13. The molecule has 1 amide bonds. The van der Waals surface area contributed by atoms with Crippen molar-refractivity contribution in [1.82, 2.24) is 19.5 Å². The minimum Gasteiger partial charge on any atom is -0.355 e. The van der Waals surface area contributed by atoms with Crippen molar-refractivity contribution in [2.45, 2.75) is 6.54 Å². The predicted octanol–water partition coefficient (Wildman–Crippen LogP) is 2.20. The van der Waals surface area contributed by atoms with Crippen molar-refractivity contribution in [3.05, 3.63) is 82.0 Å². The summed E-state index contributed by atoms with van der Waals surface area (Å²) in [6, 6.07) is 12.8. The van der Waals surface area contributed by atoms with Crippen molar-refractivity contribution < 1.29 is 9.18 Å². The molecule has 0 saturated carbocycles. The molecule has 0 aliphatic carbocycles. The lowest BCUT2D eigenvalue weighted by atomic mass is 10.1. The van der Waals surface area contributed by atoms with E-state index >= 15 is 0 Å². The number of fused-ring (bicyclic) bond motifs is 3. The number of benzene rings is 2. The Morgan fingerprint density at radius 3 is 2.58 bits per heavy atom. The van der Waals surface area contributed by atoms with Crippen molar-refractivity contribution in [1.29, 1.82) is 0 Å². The van der Waals surface area contributed by atoms with E-state index < -0.39 is 0 Å². The van der Waals surface area contributed by atoms with E-state index in [4.69, 9.17) is 0 Å². The molecule has 6 nitrogen and oxygen atoms in total. The van der Waals surface area contributed by atoms with Crippen LogP contribution >= 0.6 is 0 Å². The van der Waals surface area contributed by atoms with Gasteiger partial charge in [-0.05, 0) is 42.0 Å². The lowest BCUT2D eigenvalue weighted by molar-refractivity contribution is 0.0963. The molecular formula is C19H15FN4O2. The van der Waals surface area contributed by atoms with E-state index in [9.17, 15) is 14.0 Å². The second kappa shape index (κ2) is 6.11. The van der Waals surface area contributed by atoms with Gasteiger partial charge in [0.25, 0.3) is 11.5 Å². The van der Waals surface area contributed by atoms with Crippen molar-refractivity contribution in [2.24, 2.45) is 0 Å². The highest BCUT2D eigenvalue weighted by Gasteiger charge is 2.14. The van der Waals surface area contributed by atoms with Crippen LogP contribution in [-0.2, 0) is 6.54 Å². The van der Waals surface area contributed by atoms with Crippen LogP contribution in [0.5, 0.6) is 0 Å². The lowest BCUT2D eigenvalue weighted by Crippen LogP contribution is -2.24. The summed E-state index contributed by atoms with van der Waals surface area (Å²) in [5, 5.41) is 6.79.